The minimum absolute atomic E-state index is 0.0574. The lowest BCUT2D eigenvalue weighted by Crippen LogP contribution is -2.02. The number of alkyl halides is 1. The highest BCUT2D eigenvalue weighted by Gasteiger charge is 2.13. The maximum absolute atomic E-state index is 11.3. The molecule has 0 aliphatic carbocycles. The summed E-state index contributed by atoms with van der Waals surface area (Å²) in [5.74, 6) is -0.117. The Bertz CT molecular complexity index is 416. The van der Waals surface area contributed by atoms with Gasteiger partial charge >= 0.3 is 0 Å². The molecule has 0 saturated carbocycles. The van der Waals surface area contributed by atoms with E-state index in [1.54, 1.807) is 0 Å². The number of nitrogens with two attached hydrogens (primary N) is 1. The monoisotopic (exact) mass is 265 g/mol. The number of rotatable bonds is 2. The SMILES string of the molecule is Nc1cc(S(=O)(=O)CBr)ccc1O. The average molecular weight is 266 g/mol. The molecule has 1 aromatic rings. The van der Waals surface area contributed by atoms with Crippen LogP contribution in [0.1, 0.15) is 0 Å². The molecule has 0 spiro atoms. The van der Waals surface area contributed by atoms with E-state index in [1.807, 2.05) is 0 Å². The van der Waals surface area contributed by atoms with Crippen LogP contribution in [0, 0.1) is 0 Å². The van der Waals surface area contributed by atoms with E-state index in [2.05, 4.69) is 15.9 Å². The van der Waals surface area contributed by atoms with Gasteiger partial charge in [0.15, 0.2) is 9.84 Å². The minimum atomic E-state index is -3.31. The standard InChI is InChI=1S/C7H8BrNO3S/c8-4-13(11,12)5-1-2-7(10)6(9)3-5/h1-3,10H,4,9H2. The second kappa shape index (κ2) is 3.55. The number of anilines is 1. The van der Waals surface area contributed by atoms with Crippen molar-refractivity contribution in [3.8, 4) is 5.75 Å². The molecule has 0 aliphatic heterocycles. The van der Waals surface area contributed by atoms with E-state index >= 15 is 0 Å². The van der Waals surface area contributed by atoms with Crippen LogP contribution in [0.4, 0.5) is 5.69 Å². The number of nitrogen functional groups attached to an aromatic ring is 1. The number of halogens is 1. The van der Waals surface area contributed by atoms with Gasteiger partial charge in [-0.3, -0.25) is 0 Å². The molecule has 0 heterocycles. The van der Waals surface area contributed by atoms with Crippen molar-refractivity contribution in [3.05, 3.63) is 18.2 Å². The molecule has 0 aliphatic rings. The van der Waals surface area contributed by atoms with Crippen molar-refractivity contribution >= 4 is 31.5 Å². The first kappa shape index (κ1) is 10.3. The predicted octanol–water partition coefficient (Wildman–Crippen LogP) is 1.10. The van der Waals surface area contributed by atoms with Gasteiger partial charge in [-0.1, -0.05) is 15.9 Å². The summed E-state index contributed by atoms with van der Waals surface area (Å²) in [6, 6.07) is 3.79. The molecule has 0 amide bonds. The zero-order valence-corrected chi connectivity index (χ0v) is 8.97. The Morgan fingerprint density at radius 3 is 2.54 bits per heavy atom. The van der Waals surface area contributed by atoms with Gasteiger partial charge in [0, 0.05) is 0 Å². The molecular formula is C7H8BrNO3S. The lowest BCUT2D eigenvalue weighted by Gasteiger charge is -2.02. The number of sulfone groups is 1. The highest BCUT2D eigenvalue weighted by Crippen LogP contribution is 2.24. The predicted molar refractivity (Wildman–Crippen MR) is 53.5 cm³/mol. The van der Waals surface area contributed by atoms with Gasteiger partial charge in [-0.05, 0) is 18.2 Å². The fourth-order valence-electron chi connectivity index (χ4n) is 0.789. The fourth-order valence-corrected chi connectivity index (χ4v) is 2.29. The van der Waals surface area contributed by atoms with Crippen LogP contribution in [0.15, 0.2) is 23.1 Å². The molecule has 3 N–H and O–H groups in total. The molecular weight excluding hydrogens is 258 g/mol. The second-order valence-corrected chi connectivity index (χ2v) is 5.74. The number of phenolic OH excluding ortho intramolecular Hbond substituents is 1. The molecule has 0 unspecified atom stereocenters. The Balaban J connectivity index is 3.27. The van der Waals surface area contributed by atoms with Gasteiger partial charge in [0.1, 0.15) is 10.4 Å². The van der Waals surface area contributed by atoms with Crippen molar-refractivity contribution in [2.45, 2.75) is 4.90 Å². The third-order valence-electron chi connectivity index (χ3n) is 1.50. The first-order valence-corrected chi connectivity index (χ1v) is 6.12. The van der Waals surface area contributed by atoms with Crippen LogP contribution in [0.2, 0.25) is 0 Å². The molecule has 13 heavy (non-hydrogen) atoms. The summed E-state index contributed by atoms with van der Waals surface area (Å²) in [6.07, 6.45) is 0. The Morgan fingerprint density at radius 2 is 2.08 bits per heavy atom. The van der Waals surface area contributed by atoms with E-state index in [0.29, 0.717) is 0 Å². The van der Waals surface area contributed by atoms with Gasteiger partial charge in [0.25, 0.3) is 0 Å². The van der Waals surface area contributed by atoms with Crippen molar-refractivity contribution in [1.82, 2.24) is 0 Å². The lowest BCUT2D eigenvalue weighted by atomic mass is 10.3. The Kier molecular flexibility index (Phi) is 2.82. The topological polar surface area (TPSA) is 80.4 Å². The van der Waals surface area contributed by atoms with Gasteiger partial charge in [0.05, 0.1) is 10.6 Å². The first-order chi connectivity index (χ1) is 5.97. The minimum Gasteiger partial charge on any atom is -0.506 e. The summed E-state index contributed by atoms with van der Waals surface area (Å²) in [6.45, 7) is 0. The highest BCUT2D eigenvalue weighted by atomic mass is 79.9. The molecule has 6 heteroatoms. The number of phenols is 1. The summed E-state index contributed by atoms with van der Waals surface area (Å²) in [5, 5.41) is 9.05. The average Bonchev–Trinajstić information content (AvgIpc) is 2.09. The largest absolute Gasteiger partial charge is 0.506 e. The van der Waals surface area contributed by atoms with Gasteiger partial charge in [-0.25, -0.2) is 8.42 Å². The number of benzene rings is 1. The Labute approximate surface area is 84.4 Å². The van der Waals surface area contributed by atoms with Gasteiger partial charge in [-0.15, -0.1) is 0 Å². The zero-order chi connectivity index (χ0) is 10.1. The van der Waals surface area contributed by atoms with E-state index in [9.17, 15) is 8.42 Å². The quantitative estimate of drug-likeness (QED) is 0.477. The normalized spacial score (nSPS) is 11.5. The third kappa shape index (κ3) is 2.13. The van der Waals surface area contributed by atoms with Gasteiger partial charge in [-0.2, -0.15) is 0 Å². The summed E-state index contributed by atoms with van der Waals surface area (Å²) >= 11 is 2.86. The molecule has 0 radical (unpaired) electrons. The summed E-state index contributed by atoms with van der Waals surface area (Å²) in [4.78, 5) is 0.0969. The van der Waals surface area contributed by atoms with Crippen molar-refractivity contribution in [3.63, 3.8) is 0 Å². The van der Waals surface area contributed by atoms with Crippen LogP contribution in [0.3, 0.4) is 0 Å². The third-order valence-corrected chi connectivity index (χ3v) is 4.57. The fraction of sp³-hybridized carbons (Fsp3) is 0.143. The van der Waals surface area contributed by atoms with E-state index in [-0.39, 0.29) is 21.0 Å². The highest BCUT2D eigenvalue weighted by molar-refractivity contribution is 9.10. The van der Waals surface area contributed by atoms with Crippen molar-refractivity contribution in [1.29, 1.82) is 0 Å². The van der Waals surface area contributed by atoms with Crippen LogP contribution in [-0.4, -0.2) is 18.2 Å². The van der Waals surface area contributed by atoms with E-state index < -0.39 is 9.84 Å². The maximum atomic E-state index is 11.3. The number of aromatic hydroxyl groups is 1. The van der Waals surface area contributed by atoms with E-state index in [0.717, 1.165) is 0 Å². The molecule has 0 saturated heterocycles. The zero-order valence-electron chi connectivity index (χ0n) is 6.57. The molecule has 1 aromatic carbocycles. The van der Waals surface area contributed by atoms with Crippen molar-refractivity contribution < 1.29 is 13.5 Å². The first-order valence-electron chi connectivity index (χ1n) is 3.34. The second-order valence-electron chi connectivity index (χ2n) is 2.44. The molecule has 1 rings (SSSR count). The molecule has 4 nitrogen and oxygen atoms in total. The van der Waals surface area contributed by atoms with Crippen molar-refractivity contribution in [2.75, 3.05) is 10.4 Å². The molecule has 0 aromatic heterocycles. The van der Waals surface area contributed by atoms with Crippen molar-refractivity contribution in [2.24, 2.45) is 0 Å². The van der Waals surface area contributed by atoms with Crippen LogP contribution < -0.4 is 5.73 Å². The maximum Gasteiger partial charge on any atom is 0.188 e. The summed E-state index contributed by atoms with van der Waals surface area (Å²) in [7, 11) is -3.31. The Hall–Kier alpha value is -0.750. The van der Waals surface area contributed by atoms with E-state index in [1.165, 1.54) is 18.2 Å². The molecule has 72 valence electrons. The molecule has 0 atom stereocenters. The number of hydrogen-bond acceptors (Lipinski definition) is 4. The summed E-state index contributed by atoms with van der Waals surface area (Å²) < 4.78 is 22.4. The van der Waals surface area contributed by atoms with Gasteiger partial charge in [0.2, 0.25) is 0 Å². The van der Waals surface area contributed by atoms with Gasteiger partial charge < -0.3 is 10.8 Å². The lowest BCUT2D eigenvalue weighted by molar-refractivity contribution is 0.477. The molecule has 0 fully saturated rings. The molecule has 0 bridgehead atoms. The van der Waals surface area contributed by atoms with Crippen LogP contribution >= 0.6 is 15.9 Å². The van der Waals surface area contributed by atoms with Crippen LogP contribution in [0.5, 0.6) is 5.75 Å². The van der Waals surface area contributed by atoms with Crippen LogP contribution in [0.25, 0.3) is 0 Å². The smallest absolute Gasteiger partial charge is 0.188 e. The Morgan fingerprint density at radius 1 is 1.46 bits per heavy atom. The van der Waals surface area contributed by atoms with E-state index in [4.69, 9.17) is 10.8 Å². The van der Waals surface area contributed by atoms with Crippen LogP contribution in [-0.2, 0) is 9.84 Å². The summed E-state index contributed by atoms with van der Waals surface area (Å²) in [5.41, 5.74) is 5.40. The number of hydrogen-bond donors (Lipinski definition) is 2.